The number of imide groups is 1. The van der Waals surface area contributed by atoms with Crippen molar-refractivity contribution in [2.75, 3.05) is 18.0 Å². The van der Waals surface area contributed by atoms with E-state index >= 15 is 0 Å². The van der Waals surface area contributed by atoms with Gasteiger partial charge in [-0.05, 0) is 23.8 Å². The maximum Gasteiger partial charge on any atom is 0.352 e. The third-order valence-electron chi connectivity index (χ3n) is 5.81. The van der Waals surface area contributed by atoms with Crippen LogP contribution in [0.5, 0.6) is 0 Å². The number of carbonyl (C=O) groups excluding carboxylic acids is 6. The summed E-state index contributed by atoms with van der Waals surface area (Å²) in [5.41, 5.74) is 3.07. The van der Waals surface area contributed by atoms with Gasteiger partial charge in [-0.2, -0.15) is 0 Å². The summed E-state index contributed by atoms with van der Waals surface area (Å²) < 4.78 is 0. The van der Waals surface area contributed by atoms with E-state index in [1.54, 1.807) is 11.0 Å². The van der Waals surface area contributed by atoms with Gasteiger partial charge in [-0.15, -0.1) is 5.06 Å². The second-order valence-electron chi connectivity index (χ2n) is 8.50. The maximum atomic E-state index is 13.2. The van der Waals surface area contributed by atoms with Crippen LogP contribution in [0.1, 0.15) is 42.4 Å². The monoisotopic (exact) mass is 516 g/mol. The molecule has 38 heavy (non-hydrogen) atoms. The van der Waals surface area contributed by atoms with Crippen molar-refractivity contribution in [1.29, 1.82) is 0 Å². The highest BCUT2D eigenvalue weighted by Gasteiger charge is 2.32. The van der Waals surface area contributed by atoms with Crippen LogP contribution >= 0.6 is 0 Å². The van der Waals surface area contributed by atoms with Gasteiger partial charge in [0.15, 0.2) is 0 Å². The maximum absolute atomic E-state index is 13.2. The number of rotatable bonds is 8. The Morgan fingerprint density at radius 3 is 2.18 bits per heavy atom. The highest BCUT2D eigenvalue weighted by atomic mass is 16.7. The summed E-state index contributed by atoms with van der Waals surface area (Å²) >= 11 is 0. The fourth-order valence-corrected chi connectivity index (χ4v) is 3.86. The molecule has 0 aliphatic carbocycles. The Morgan fingerprint density at radius 2 is 1.42 bits per heavy atom. The SMILES string of the molecule is O=C(CCC(=O)N1Cc2ccccc2C#Cc2ccccc21)NCC(=O)NCC(=O)ON1C(=O)CCC1=O. The lowest BCUT2D eigenvalue weighted by molar-refractivity contribution is -0.196. The second-order valence-corrected chi connectivity index (χ2v) is 8.50. The molecule has 2 N–H and O–H groups in total. The van der Waals surface area contributed by atoms with Gasteiger partial charge in [0, 0.05) is 36.8 Å². The number of nitrogens with one attached hydrogen (secondary N) is 2. The summed E-state index contributed by atoms with van der Waals surface area (Å²) in [6.07, 6.45) is -0.335. The van der Waals surface area contributed by atoms with Crippen LogP contribution in [-0.2, 0) is 40.1 Å². The van der Waals surface area contributed by atoms with Gasteiger partial charge in [-0.25, -0.2) is 4.79 Å². The van der Waals surface area contributed by atoms with Crippen molar-refractivity contribution >= 4 is 41.2 Å². The first kappa shape index (κ1) is 26.1. The van der Waals surface area contributed by atoms with E-state index in [1.165, 1.54) is 0 Å². The van der Waals surface area contributed by atoms with Gasteiger partial charge in [-0.3, -0.25) is 24.0 Å². The molecule has 0 spiro atoms. The molecule has 0 bridgehead atoms. The molecule has 5 amide bonds. The topological polar surface area (TPSA) is 142 Å². The molecule has 0 aromatic heterocycles. The number of hydrogen-bond acceptors (Lipinski definition) is 7. The molecule has 2 aromatic rings. The Labute approximate surface area is 218 Å². The predicted molar refractivity (Wildman–Crippen MR) is 132 cm³/mol. The average molecular weight is 517 g/mol. The summed E-state index contributed by atoms with van der Waals surface area (Å²) in [4.78, 5) is 78.3. The molecule has 0 unspecified atom stereocenters. The first-order valence-corrected chi connectivity index (χ1v) is 11.9. The Bertz CT molecular complexity index is 1360. The first-order valence-electron chi connectivity index (χ1n) is 11.9. The smallest absolute Gasteiger partial charge is 0.347 e. The van der Waals surface area contributed by atoms with Crippen LogP contribution in [0.2, 0.25) is 0 Å². The minimum Gasteiger partial charge on any atom is -0.347 e. The Balaban J connectivity index is 1.25. The molecule has 1 saturated heterocycles. The second kappa shape index (κ2) is 11.8. The molecule has 4 rings (SSSR count). The number of benzene rings is 2. The third-order valence-corrected chi connectivity index (χ3v) is 5.81. The van der Waals surface area contributed by atoms with Crippen LogP contribution < -0.4 is 15.5 Å². The van der Waals surface area contributed by atoms with Crippen molar-refractivity contribution in [1.82, 2.24) is 15.7 Å². The van der Waals surface area contributed by atoms with Crippen molar-refractivity contribution in [3.8, 4) is 11.8 Å². The summed E-state index contributed by atoms with van der Waals surface area (Å²) in [7, 11) is 0. The van der Waals surface area contributed by atoms with Gasteiger partial charge in [0.05, 0.1) is 18.8 Å². The van der Waals surface area contributed by atoms with Gasteiger partial charge in [0.25, 0.3) is 11.8 Å². The van der Waals surface area contributed by atoms with Crippen LogP contribution in [0, 0.1) is 11.8 Å². The highest BCUT2D eigenvalue weighted by molar-refractivity contribution is 6.02. The van der Waals surface area contributed by atoms with Gasteiger partial charge in [-0.1, -0.05) is 42.2 Å². The molecule has 2 aromatic carbocycles. The molecule has 2 aliphatic heterocycles. The molecule has 0 radical (unpaired) electrons. The third kappa shape index (κ3) is 6.41. The number of amides is 5. The Hall–Kier alpha value is -4.98. The zero-order valence-corrected chi connectivity index (χ0v) is 20.3. The van der Waals surface area contributed by atoms with E-state index in [2.05, 4.69) is 27.3 Å². The number of hydrogen-bond donors (Lipinski definition) is 2. The lowest BCUT2D eigenvalue weighted by Crippen LogP contribution is -2.41. The summed E-state index contributed by atoms with van der Waals surface area (Å²) in [6.45, 7) is -0.726. The fourth-order valence-electron chi connectivity index (χ4n) is 3.86. The van der Waals surface area contributed by atoms with Crippen molar-refractivity contribution in [3.63, 3.8) is 0 Å². The van der Waals surface area contributed by atoms with Crippen LogP contribution in [-0.4, -0.2) is 53.7 Å². The minimum absolute atomic E-state index is 0.0430. The fraction of sp³-hybridized carbons (Fsp3) is 0.259. The number of nitrogens with zero attached hydrogens (tertiary/aromatic N) is 2. The molecule has 194 valence electrons. The van der Waals surface area contributed by atoms with E-state index in [0.29, 0.717) is 22.9 Å². The summed E-state index contributed by atoms with van der Waals surface area (Å²) in [5, 5.41) is 5.00. The van der Waals surface area contributed by atoms with Crippen LogP contribution in [0.25, 0.3) is 0 Å². The van der Waals surface area contributed by atoms with E-state index in [1.807, 2.05) is 42.5 Å². The zero-order chi connectivity index (χ0) is 27.1. The molecular formula is C27H24N4O7. The van der Waals surface area contributed by atoms with Crippen LogP contribution in [0.3, 0.4) is 0 Å². The molecule has 11 heteroatoms. The van der Waals surface area contributed by atoms with Crippen LogP contribution in [0.4, 0.5) is 5.69 Å². The number of carbonyl (C=O) groups is 6. The normalized spacial score (nSPS) is 13.8. The lowest BCUT2D eigenvalue weighted by Gasteiger charge is -2.26. The van der Waals surface area contributed by atoms with E-state index in [9.17, 15) is 28.8 Å². The molecule has 2 aliphatic rings. The quantitative estimate of drug-likeness (QED) is 0.386. The molecule has 1 fully saturated rings. The van der Waals surface area contributed by atoms with E-state index in [-0.39, 0.29) is 31.6 Å². The zero-order valence-electron chi connectivity index (χ0n) is 20.3. The standard InChI is InChI=1S/C27H24N4O7/c32-22(28-15-23(33)29-16-27(37)38-31-25(35)13-14-26(31)36)11-12-24(34)30-17-20-7-2-1-5-18(20)9-10-19-6-3-4-8-21(19)30/h1-8H,11-17H2,(H,28,32)(H,29,33). The number of anilines is 1. The van der Waals surface area contributed by atoms with Gasteiger partial charge < -0.3 is 20.4 Å². The number of hydroxylamine groups is 2. The predicted octanol–water partition coefficient (Wildman–Crippen LogP) is 0.553. The molecule has 0 atom stereocenters. The van der Waals surface area contributed by atoms with Crippen molar-refractivity contribution in [2.45, 2.75) is 32.2 Å². The van der Waals surface area contributed by atoms with E-state index in [0.717, 1.165) is 11.1 Å². The van der Waals surface area contributed by atoms with Crippen LogP contribution in [0.15, 0.2) is 48.5 Å². The molecule has 2 heterocycles. The van der Waals surface area contributed by atoms with Gasteiger partial charge in [0.1, 0.15) is 6.54 Å². The Kier molecular flexibility index (Phi) is 8.13. The van der Waals surface area contributed by atoms with Crippen molar-refractivity contribution in [2.24, 2.45) is 0 Å². The molecule has 11 nitrogen and oxygen atoms in total. The molecule has 0 saturated carbocycles. The minimum atomic E-state index is -1.00. The highest BCUT2D eigenvalue weighted by Crippen LogP contribution is 2.26. The summed E-state index contributed by atoms with van der Waals surface area (Å²) in [5.74, 6) is 2.51. The largest absolute Gasteiger partial charge is 0.352 e. The van der Waals surface area contributed by atoms with Crippen molar-refractivity contribution in [3.05, 3.63) is 65.2 Å². The summed E-state index contributed by atoms with van der Waals surface area (Å²) in [6, 6.07) is 14.8. The van der Waals surface area contributed by atoms with E-state index < -0.39 is 42.7 Å². The van der Waals surface area contributed by atoms with Gasteiger partial charge in [0.2, 0.25) is 17.7 Å². The first-order chi connectivity index (χ1) is 18.3. The van der Waals surface area contributed by atoms with E-state index in [4.69, 9.17) is 0 Å². The molecular weight excluding hydrogens is 492 g/mol. The number of fused-ring (bicyclic) bond motifs is 2. The Morgan fingerprint density at radius 1 is 0.789 bits per heavy atom. The van der Waals surface area contributed by atoms with Gasteiger partial charge >= 0.3 is 5.97 Å². The lowest BCUT2D eigenvalue weighted by atomic mass is 10.0. The number of para-hydroxylation sites is 1. The average Bonchev–Trinajstić information content (AvgIpc) is 3.22. The van der Waals surface area contributed by atoms with Crippen molar-refractivity contribution < 1.29 is 33.6 Å².